The number of aryl methyl sites for hydroxylation is 1. The standard InChI is InChI=1S/C21H23N5OS/c1-2-3-4-5-6-11-19-25-26-21(28-19)24-20(27)15(13-22)12-16-14-23-18-10-8-7-9-17(16)18/h7-10,12,14,23H,2-6,11H2,1H3,(H,24,26,27)/b15-12-. The maximum Gasteiger partial charge on any atom is 0.268 e. The Morgan fingerprint density at radius 2 is 2.07 bits per heavy atom. The highest BCUT2D eigenvalue weighted by molar-refractivity contribution is 7.15. The zero-order valence-electron chi connectivity index (χ0n) is 15.9. The van der Waals surface area contributed by atoms with Gasteiger partial charge in [-0.3, -0.25) is 10.1 Å². The van der Waals surface area contributed by atoms with Crippen molar-refractivity contribution in [3.05, 3.63) is 46.6 Å². The molecule has 0 saturated heterocycles. The van der Waals surface area contributed by atoms with E-state index in [1.807, 2.05) is 30.3 Å². The van der Waals surface area contributed by atoms with Gasteiger partial charge in [0.2, 0.25) is 5.13 Å². The highest BCUT2D eigenvalue weighted by Gasteiger charge is 2.14. The monoisotopic (exact) mass is 393 g/mol. The molecule has 0 bridgehead atoms. The Hall–Kier alpha value is -2.98. The zero-order chi connectivity index (χ0) is 19.8. The van der Waals surface area contributed by atoms with Crippen LogP contribution in [0.5, 0.6) is 0 Å². The lowest BCUT2D eigenvalue weighted by Gasteiger charge is -1.99. The number of anilines is 1. The number of nitriles is 1. The molecule has 144 valence electrons. The SMILES string of the molecule is CCCCCCCc1nnc(NC(=O)/C(C#N)=C\c2c[nH]c3ccccc23)s1. The molecule has 2 aromatic heterocycles. The van der Waals surface area contributed by atoms with Crippen LogP contribution in [0, 0.1) is 11.3 Å². The number of hydrogen-bond acceptors (Lipinski definition) is 5. The fourth-order valence-electron chi connectivity index (χ4n) is 2.97. The number of aromatic nitrogens is 3. The molecule has 28 heavy (non-hydrogen) atoms. The van der Waals surface area contributed by atoms with Crippen LogP contribution < -0.4 is 5.32 Å². The normalized spacial score (nSPS) is 11.5. The van der Waals surface area contributed by atoms with Gasteiger partial charge >= 0.3 is 0 Å². The van der Waals surface area contributed by atoms with Crippen molar-refractivity contribution in [2.24, 2.45) is 0 Å². The number of nitrogens with zero attached hydrogens (tertiary/aromatic N) is 3. The number of carbonyl (C=O) groups is 1. The van der Waals surface area contributed by atoms with Crippen LogP contribution in [0.25, 0.3) is 17.0 Å². The second-order valence-corrected chi connectivity index (χ2v) is 7.64. The maximum absolute atomic E-state index is 12.5. The number of nitrogens with one attached hydrogen (secondary N) is 2. The van der Waals surface area contributed by atoms with E-state index in [2.05, 4.69) is 27.4 Å². The van der Waals surface area contributed by atoms with Crippen LogP contribution >= 0.6 is 11.3 Å². The number of para-hydroxylation sites is 1. The fourth-order valence-corrected chi connectivity index (χ4v) is 3.74. The van der Waals surface area contributed by atoms with Crippen LogP contribution in [-0.2, 0) is 11.2 Å². The Bertz CT molecular complexity index is 1010. The number of aromatic amines is 1. The molecular formula is C21H23N5OS. The van der Waals surface area contributed by atoms with E-state index in [9.17, 15) is 10.1 Å². The highest BCUT2D eigenvalue weighted by atomic mass is 32.1. The average Bonchev–Trinajstić information content (AvgIpc) is 3.32. The molecule has 0 radical (unpaired) electrons. The number of carbonyl (C=O) groups excluding carboxylic acids is 1. The Kier molecular flexibility index (Phi) is 6.93. The van der Waals surface area contributed by atoms with Crippen LogP contribution in [0.3, 0.4) is 0 Å². The smallest absolute Gasteiger partial charge is 0.268 e. The molecule has 0 fully saturated rings. The summed E-state index contributed by atoms with van der Waals surface area (Å²) in [6.07, 6.45) is 10.2. The number of unbranched alkanes of at least 4 members (excludes halogenated alkanes) is 4. The minimum atomic E-state index is -0.474. The van der Waals surface area contributed by atoms with E-state index in [1.54, 1.807) is 12.3 Å². The average molecular weight is 394 g/mol. The van der Waals surface area contributed by atoms with Gasteiger partial charge in [-0.2, -0.15) is 5.26 Å². The van der Waals surface area contributed by atoms with E-state index in [0.29, 0.717) is 5.13 Å². The second-order valence-electron chi connectivity index (χ2n) is 6.58. The largest absolute Gasteiger partial charge is 0.361 e. The first-order valence-corrected chi connectivity index (χ1v) is 10.3. The molecule has 0 unspecified atom stereocenters. The minimum absolute atomic E-state index is 0.0288. The van der Waals surface area contributed by atoms with Gasteiger partial charge in [0.15, 0.2) is 0 Å². The minimum Gasteiger partial charge on any atom is -0.361 e. The number of H-pyrrole nitrogens is 1. The van der Waals surface area contributed by atoms with Crippen molar-refractivity contribution in [1.82, 2.24) is 15.2 Å². The van der Waals surface area contributed by atoms with Crippen molar-refractivity contribution in [3.8, 4) is 6.07 Å². The number of benzene rings is 1. The summed E-state index contributed by atoms with van der Waals surface area (Å²) >= 11 is 1.37. The summed E-state index contributed by atoms with van der Waals surface area (Å²) in [4.78, 5) is 15.6. The van der Waals surface area contributed by atoms with Gasteiger partial charge in [0.25, 0.3) is 5.91 Å². The van der Waals surface area contributed by atoms with E-state index < -0.39 is 5.91 Å². The summed E-state index contributed by atoms with van der Waals surface area (Å²) in [5.74, 6) is -0.474. The first-order valence-electron chi connectivity index (χ1n) is 9.53. The Labute approximate surface area is 168 Å². The molecule has 1 amide bonds. The molecule has 0 aliphatic heterocycles. The molecule has 3 aromatic rings. The van der Waals surface area contributed by atoms with Crippen molar-refractivity contribution in [2.45, 2.75) is 45.4 Å². The number of hydrogen-bond donors (Lipinski definition) is 2. The summed E-state index contributed by atoms with van der Waals surface area (Å²) in [5.41, 5.74) is 1.78. The van der Waals surface area contributed by atoms with Gasteiger partial charge in [-0.25, -0.2) is 0 Å². The lowest BCUT2D eigenvalue weighted by molar-refractivity contribution is -0.112. The quantitative estimate of drug-likeness (QED) is 0.301. The lowest BCUT2D eigenvalue weighted by Crippen LogP contribution is -2.13. The van der Waals surface area contributed by atoms with Crippen molar-refractivity contribution >= 4 is 39.4 Å². The van der Waals surface area contributed by atoms with Gasteiger partial charge < -0.3 is 4.98 Å². The molecule has 2 heterocycles. The summed E-state index contributed by atoms with van der Waals surface area (Å²) in [7, 11) is 0. The van der Waals surface area contributed by atoms with Crippen molar-refractivity contribution in [1.29, 1.82) is 5.26 Å². The van der Waals surface area contributed by atoms with Crippen LogP contribution in [0.1, 0.15) is 49.6 Å². The number of rotatable bonds is 9. The first-order chi connectivity index (χ1) is 13.7. The third kappa shape index (κ3) is 5.05. The van der Waals surface area contributed by atoms with Gasteiger partial charge in [0.05, 0.1) is 0 Å². The zero-order valence-corrected chi connectivity index (χ0v) is 16.7. The van der Waals surface area contributed by atoms with E-state index >= 15 is 0 Å². The molecule has 6 nitrogen and oxygen atoms in total. The second kappa shape index (κ2) is 9.81. The van der Waals surface area contributed by atoms with Gasteiger partial charge in [-0.15, -0.1) is 10.2 Å². The highest BCUT2D eigenvalue weighted by Crippen LogP contribution is 2.22. The molecule has 0 atom stereocenters. The molecule has 2 N–H and O–H groups in total. The molecular weight excluding hydrogens is 370 g/mol. The third-order valence-corrected chi connectivity index (χ3v) is 5.37. The van der Waals surface area contributed by atoms with Crippen molar-refractivity contribution in [2.75, 3.05) is 5.32 Å². The van der Waals surface area contributed by atoms with Crippen LogP contribution in [0.2, 0.25) is 0 Å². The van der Waals surface area contributed by atoms with Gasteiger partial charge in [0, 0.05) is 29.1 Å². The lowest BCUT2D eigenvalue weighted by atomic mass is 10.1. The first kappa shape index (κ1) is 19.8. The van der Waals surface area contributed by atoms with Crippen LogP contribution in [0.4, 0.5) is 5.13 Å². The van der Waals surface area contributed by atoms with Crippen LogP contribution in [0.15, 0.2) is 36.0 Å². The van der Waals surface area contributed by atoms with Crippen LogP contribution in [-0.4, -0.2) is 21.1 Å². The third-order valence-electron chi connectivity index (χ3n) is 4.47. The molecule has 0 aliphatic carbocycles. The fraction of sp³-hybridized carbons (Fsp3) is 0.333. The summed E-state index contributed by atoms with van der Waals surface area (Å²) in [6.45, 7) is 2.20. The summed E-state index contributed by atoms with van der Waals surface area (Å²) < 4.78 is 0. The molecule has 1 aromatic carbocycles. The van der Waals surface area contributed by atoms with E-state index in [4.69, 9.17) is 0 Å². The van der Waals surface area contributed by atoms with Gasteiger partial charge in [0.1, 0.15) is 16.6 Å². The van der Waals surface area contributed by atoms with E-state index in [0.717, 1.165) is 34.3 Å². The topological polar surface area (TPSA) is 94.5 Å². The maximum atomic E-state index is 12.5. The summed E-state index contributed by atoms with van der Waals surface area (Å²) in [5, 5.41) is 22.6. The predicted molar refractivity (Wildman–Crippen MR) is 113 cm³/mol. The molecule has 0 saturated carbocycles. The Morgan fingerprint density at radius 3 is 2.89 bits per heavy atom. The van der Waals surface area contributed by atoms with Gasteiger partial charge in [-0.05, 0) is 18.6 Å². The predicted octanol–water partition coefficient (Wildman–Crippen LogP) is 5.08. The van der Waals surface area contributed by atoms with Crippen molar-refractivity contribution in [3.63, 3.8) is 0 Å². The van der Waals surface area contributed by atoms with E-state index in [-0.39, 0.29) is 5.57 Å². The Balaban J connectivity index is 1.62. The van der Waals surface area contributed by atoms with E-state index in [1.165, 1.54) is 37.0 Å². The number of amides is 1. The molecule has 7 heteroatoms. The Morgan fingerprint density at radius 1 is 1.25 bits per heavy atom. The molecule has 0 spiro atoms. The molecule has 3 rings (SSSR count). The summed E-state index contributed by atoms with van der Waals surface area (Å²) in [6, 6.07) is 9.73. The molecule has 0 aliphatic rings. The van der Waals surface area contributed by atoms with Crippen molar-refractivity contribution < 1.29 is 4.79 Å². The number of fused-ring (bicyclic) bond motifs is 1. The van der Waals surface area contributed by atoms with Gasteiger partial charge in [-0.1, -0.05) is 62.1 Å².